The molecular weight excluding hydrogens is 482 g/mol. The number of rotatable bonds is 11. The number of carbonyl (C=O) groups excluding carboxylic acids is 2. The summed E-state index contributed by atoms with van der Waals surface area (Å²) in [6.07, 6.45) is 6.65. The van der Waals surface area contributed by atoms with Gasteiger partial charge in [-0.3, -0.25) is 14.4 Å². The molecule has 3 aromatic rings. The highest BCUT2D eigenvalue weighted by atomic mass is 16.5. The monoisotopic (exact) mass is 519 g/mol. The van der Waals surface area contributed by atoms with Gasteiger partial charge < -0.3 is 24.5 Å². The molecule has 3 heterocycles. The number of ether oxygens (including phenoxy) is 1. The van der Waals surface area contributed by atoms with Crippen LogP contribution in [-0.4, -0.2) is 63.8 Å². The molecule has 1 atom stereocenters. The standard InChI is InChI=1S/C30H37N3O5/c1-4-5-7-22-16-24-17-23(30(37)33(20(2)3)19-27(34)35)13-15-32(24)28(22)29(36)21-9-11-25(12-10-21)38-26-8-6-14-31-18-26/h9-13,15-17,20,26,31H,4-8,14,18-19H2,1-3H3,(H,34,35)/t26-/m0/s1. The summed E-state index contributed by atoms with van der Waals surface area (Å²) < 4.78 is 7.90. The molecule has 0 unspecified atom stereocenters. The van der Waals surface area contributed by atoms with E-state index in [1.807, 2.05) is 22.6 Å². The first kappa shape index (κ1) is 27.4. The molecule has 0 bridgehead atoms. The highest BCUT2D eigenvalue weighted by molar-refractivity contribution is 6.10. The number of ketones is 1. The molecule has 0 spiro atoms. The van der Waals surface area contributed by atoms with E-state index in [1.165, 1.54) is 4.90 Å². The van der Waals surface area contributed by atoms with E-state index in [0.717, 1.165) is 62.0 Å². The van der Waals surface area contributed by atoms with Crippen LogP contribution in [0.25, 0.3) is 5.52 Å². The molecule has 2 aromatic heterocycles. The van der Waals surface area contributed by atoms with Crippen molar-refractivity contribution in [3.05, 3.63) is 71.0 Å². The van der Waals surface area contributed by atoms with E-state index in [4.69, 9.17) is 4.74 Å². The van der Waals surface area contributed by atoms with Gasteiger partial charge in [0.2, 0.25) is 5.78 Å². The van der Waals surface area contributed by atoms with Crippen molar-refractivity contribution in [2.24, 2.45) is 0 Å². The number of aliphatic carboxylic acids is 1. The van der Waals surface area contributed by atoms with E-state index in [-0.39, 0.29) is 30.4 Å². The second-order valence-electron chi connectivity index (χ2n) is 10.2. The van der Waals surface area contributed by atoms with Crippen LogP contribution in [0.2, 0.25) is 0 Å². The summed E-state index contributed by atoms with van der Waals surface area (Å²) in [6.45, 7) is 7.17. The Morgan fingerprint density at radius 1 is 1.13 bits per heavy atom. The molecule has 1 saturated heterocycles. The lowest BCUT2D eigenvalue weighted by Crippen LogP contribution is -2.40. The van der Waals surface area contributed by atoms with E-state index in [0.29, 0.717) is 16.8 Å². The largest absolute Gasteiger partial charge is 0.489 e. The fraction of sp³-hybridized carbons (Fsp3) is 0.433. The molecule has 1 aliphatic rings. The minimum Gasteiger partial charge on any atom is -0.489 e. The molecule has 1 amide bonds. The van der Waals surface area contributed by atoms with Gasteiger partial charge in [0.25, 0.3) is 5.91 Å². The molecule has 0 radical (unpaired) electrons. The number of aryl methyl sites for hydroxylation is 1. The third kappa shape index (κ3) is 6.25. The zero-order chi connectivity index (χ0) is 27.2. The number of hydrogen-bond donors (Lipinski definition) is 2. The average molecular weight is 520 g/mol. The number of aromatic nitrogens is 1. The fourth-order valence-electron chi connectivity index (χ4n) is 4.92. The van der Waals surface area contributed by atoms with E-state index in [9.17, 15) is 19.5 Å². The van der Waals surface area contributed by atoms with Crippen LogP contribution < -0.4 is 10.1 Å². The Balaban J connectivity index is 1.63. The number of benzene rings is 1. The predicted octanol–water partition coefficient (Wildman–Crippen LogP) is 4.58. The van der Waals surface area contributed by atoms with Crippen molar-refractivity contribution < 1.29 is 24.2 Å². The zero-order valence-corrected chi connectivity index (χ0v) is 22.4. The number of amides is 1. The van der Waals surface area contributed by atoms with Crippen LogP contribution >= 0.6 is 0 Å². The fourth-order valence-corrected chi connectivity index (χ4v) is 4.92. The topological polar surface area (TPSA) is 100 Å². The van der Waals surface area contributed by atoms with Crippen molar-refractivity contribution in [3.8, 4) is 5.75 Å². The Bertz CT molecular complexity index is 1290. The number of piperidine rings is 1. The first-order valence-corrected chi connectivity index (χ1v) is 13.5. The number of nitrogens with zero attached hydrogens (tertiary/aromatic N) is 2. The first-order valence-electron chi connectivity index (χ1n) is 13.5. The lowest BCUT2D eigenvalue weighted by Gasteiger charge is -2.25. The maximum absolute atomic E-state index is 13.7. The van der Waals surface area contributed by atoms with Crippen LogP contribution in [0.1, 0.15) is 78.4 Å². The number of hydrogen-bond acceptors (Lipinski definition) is 5. The maximum atomic E-state index is 13.7. The molecule has 0 aliphatic carbocycles. The van der Waals surface area contributed by atoms with E-state index >= 15 is 0 Å². The van der Waals surface area contributed by atoms with Crippen molar-refractivity contribution in [1.29, 1.82) is 0 Å². The van der Waals surface area contributed by atoms with Gasteiger partial charge in [-0.2, -0.15) is 0 Å². The minimum absolute atomic E-state index is 0.0873. The SMILES string of the molecule is CCCCc1cc2cc(C(=O)N(CC(=O)O)C(C)C)ccn2c1C(=O)c1ccc(O[C@H]2CCCNC2)cc1. The smallest absolute Gasteiger partial charge is 0.323 e. The van der Waals surface area contributed by atoms with Crippen LogP contribution in [-0.2, 0) is 11.2 Å². The summed E-state index contributed by atoms with van der Waals surface area (Å²) in [6, 6.07) is 12.4. The Morgan fingerprint density at radius 3 is 2.53 bits per heavy atom. The number of carbonyl (C=O) groups is 3. The van der Waals surface area contributed by atoms with Gasteiger partial charge in [-0.25, -0.2) is 0 Å². The average Bonchev–Trinajstić information content (AvgIpc) is 3.28. The van der Waals surface area contributed by atoms with Gasteiger partial charge in [-0.15, -0.1) is 0 Å². The summed E-state index contributed by atoms with van der Waals surface area (Å²) in [5.41, 5.74) is 3.22. The third-order valence-electron chi connectivity index (χ3n) is 6.97. The van der Waals surface area contributed by atoms with Gasteiger partial charge in [0.15, 0.2) is 0 Å². The second kappa shape index (κ2) is 12.3. The van der Waals surface area contributed by atoms with Gasteiger partial charge in [0, 0.05) is 35.4 Å². The van der Waals surface area contributed by atoms with E-state index in [1.54, 1.807) is 44.3 Å². The number of carboxylic acids is 1. The Kier molecular flexibility index (Phi) is 8.84. The van der Waals surface area contributed by atoms with Gasteiger partial charge in [0.05, 0.1) is 5.69 Å². The molecule has 1 aliphatic heterocycles. The van der Waals surface area contributed by atoms with Crippen molar-refractivity contribution >= 4 is 23.2 Å². The number of pyridine rings is 1. The van der Waals surface area contributed by atoms with Gasteiger partial charge in [-0.05, 0) is 94.1 Å². The molecule has 202 valence electrons. The summed E-state index contributed by atoms with van der Waals surface area (Å²) in [5, 5.41) is 12.6. The van der Waals surface area contributed by atoms with E-state index < -0.39 is 5.97 Å². The summed E-state index contributed by atoms with van der Waals surface area (Å²) in [4.78, 5) is 39.5. The van der Waals surface area contributed by atoms with Crippen molar-refractivity contribution in [1.82, 2.24) is 14.6 Å². The molecular formula is C30H37N3O5. The number of unbranched alkanes of at least 4 members (excludes halogenated alkanes) is 1. The van der Waals surface area contributed by atoms with Crippen molar-refractivity contribution in [2.45, 2.75) is 65.0 Å². The van der Waals surface area contributed by atoms with Crippen LogP contribution in [0.4, 0.5) is 0 Å². The molecule has 1 fully saturated rings. The van der Waals surface area contributed by atoms with Gasteiger partial charge in [0.1, 0.15) is 18.4 Å². The summed E-state index contributed by atoms with van der Waals surface area (Å²) in [7, 11) is 0. The summed E-state index contributed by atoms with van der Waals surface area (Å²) >= 11 is 0. The lowest BCUT2D eigenvalue weighted by molar-refractivity contribution is -0.138. The van der Waals surface area contributed by atoms with Crippen molar-refractivity contribution in [3.63, 3.8) is 0 Å². The van der Waals surface area contributed by atoms with Gasteiger partial charge >= 0.3 is 5.97 Å². The Hall–Kier alpha value is -3.65. The number of fused-ring (bicyclic) bond motifs is 1. The second-order valence-corrected chi connectivity index (χ2v) is 10.2. The molecule has 4 rings (SSSR count). The molecule has 1 aromatic carbocycles. The normalized spacial score (nSPS) is 15.5. The lowest BCUT2D eigenvalue weighted by atomic mass is 10.0. The Labute approximate surface area is 223 Å². The number of carboxylic acid groups (broad SMARTS) is 1. The Morgan fingerprint density at radius 2 is 1.89 bits per heavy atom. The molecule has 8 nitrogen and oxygen atoms in total. The van der Waals surface area contributed by atoms with Crippen LogP contribution in [0, 0.1) is 0 Å². The van der Waals surface area contributed by atoms with Crippen molar-refractivity contribution in [2.75, 3.05) is 19.6 Å². The van der Waals surface area contributed by atoms with Crippen LogP contribution in [0.15, 0.2) is 48.7 Å². The van der Waals surface area contributed by atoms with Crippen LogP contribution in [0.5, 0.6) is 5.75 Å². The summed E-state index contributed by atoms with van der Waals surface area (Å²) in [5.74, 6) is -0.744. The molecule has 8 heteroatoms. The number of nitrogens with one attached hydrogen (secondary N) is 1. The molecule has 38 heavy (non-hydrogen) atoms. The maximum Gasteiger partial charge on any atom is 0.323 e. The molecule has 2 N–H and O–H groups in total. The third-order valence-corrected chi connectivity index (χ3v) is 6.97. The zero-order valence-electron chi connectivity index (χ0n) is 22.4. The van der Waals surface area contributed by atoms with Crippen LogP contribution in [0.3, 0.4) is 0 Å². The highest BCUT2D eigenvalue weighted by Crippen LogP contribution is 2.25. The predicted molar refractivity (Wildman–Crippen MR) is 146 cm³/mol. The quantitative estimate of drug-likeness (QED) is 0.360. The minimum atomic E-state index is -1.06. The highest BCUT2D eigenvalue weighted by Gasteiger charge is 2.24. The molecule has 0 saturated carbocycles. The first-order chi connectivity index (χ1) is 18.3. The van der Waals surface area contributed by atoms with Gasteiger partial charge in [-0.1, -0.05) is 13.3 Å². The van der Waals surface area contributed by atoms with E-state index in [2.05, 4.69) is 12.2 Å².